The van der Waals surface area contributed by atoms with Gasteiger partial charge in [0.05, 0.1) is 13.2 Å². The maximum Gasteiger partial charge on any atom is 0.387 e. The summed E-state index contributed by atoms with van der Waals surface area (Å²) in [5, 5.41) is 16.1. The Morgan fingerprint density at radius 3 is 2.56 bits per heavy atom. The van der Waals surface area contributed by atoms with E-state index in [0.29, 0.717) is 29.6 Å². The minimum Gasteiger partial charge on any atom is -0.434 e. The first-order valence-electron chi connectivity index (χ1n) is 8.46. The van der Waals surface area contributed by atoms with Gasteiger partial charge in [-0.15, -0.1) is 0 Å². The first-order valence-corrected chi connectivity index (χ1v) is 8.84. The molecule has 5 nitrogen and oxygen atoms in total. The van der Waals surface area contributed by atoms with Crippen molar-refractivity contribution in [2.45, 2.75) is 33.2 Å². The van der Waals surface area contributed by atoms with Gasteiger partial charge >= 0.3 is 6.61 Å². The standard InChI is InChI=1S/C19H22ClF2N3O2/c1-2-23-19(24-10-13-5-3-4-6-14(13)12-26)25-11-15-9-16(20)7-8-17(15)27-18(21)22/h3-9,18,26H,2,10-12H2,1H3,(H2,23,24,25). The molecule has 0 aliphatic carbocycles. The zero-order valence-electron chi connectivity index (χ0n) is 14.9. The number of benzene rings is 2. The maximum absolute atomic E-state index is 12.6. The number of alkyl halides is 2. The van der Waals surface area contributed by atoms with Crippen LogP contribution in [0.25, 0.3) is 0 Å². The zero-order chi connectivity index (χ0) is 19.6. The van der Waals surface area contributed by atoms with Crippen molar-refractivity contribution >= 4 is 17.6 Å². The van der Waals surface area contributed by atoms with Gasteiger partial charge in [0, 0.05) is 23.7 Å². The highest BCUT2D eigenvalue weighted by Crippen LogP contribution is 2.25. The molecule has 27 heavy (non-hydrogen) atoms. The van der Waals surface area contributed by atoms with Crippen LogP contribution in [0.5, 0.6) is 5.75 Å². The first kappa shape index (κ1) is 20.9. The number of aliphatic hydroxyl groups is 1. The lowest BCUT2D eigenvalue weighted by Crippen LogP contribution is -2.37. The quantitative estimate of drug-likeness (QED) is 0.469. The number of guanidine groups is 1. The molecule has 0 aliphatic heterocycles. The van der Waals surface area contributed by atoms with Gasteiger partial charge in [0.15, 0.2) is 5.96 Å². The molecule has 0 radical (unpaired) electrons. The normalized spacial score (nSPS) is 11.6. The molecule has 0 unspecified atom stereocenters. The SMILES string of the molecule is CCNC(=NCc1cc(Cl)ccc1OC(F)F)NCc1ccccc1CO. The molecule has 2 aromatic carbocycles. The van der Waals surface area contributed by atoms with E-state index in [-0.39, 0.29) is 18.9 Å². The number of aliphatic imine (C=N–C) groups is 1. The summed E-state index contributed by atoms with van der Waals surface area (Å²) >= 11 is 5.96. The van der Waals surface area contributed by atoms with Crippen molar-refractivity contribution in [2.24, 2.45) is 4.99 Å². The average Bonchev–Trinajstić information content (AvgIpc) is 2.65. The van der Waals surface area contributed by atoms with Crippen LogP contribution in [0.15, 0.2) is 47.5 Å². The monoisotopic (exact) mass is 397 g/mol. The van der Waals surface area contributed by atoms with Gasteiger partial charge in [-0.25, -0.2) is 4.99 Å². The van der Waals surface area contributed by atoms with Crippen LogP contribution < -0.4 is 15.4 Å². The topological polar surface area (TPSA) is 65.9 Å². The Morgan fingerprint density at radius 1 is 1.15 bits per heavy atom. The van der Waals surface area contributed by atoms with Crippen molar-refractivity contribution in [3.63, 3.8) is 0 Å². The highest BCUT2D eigenvalue weighted by atomic mass is 35.5. The smallest absolute Gasteiger partial charge is 0.387 e. The Morgan fingerprint density at radius 2 is 1.89 bits per heavy atom. The van der Waals surface area contributed by atoms with E-state index in [2.05, 4.69) is 20.4 Å². The molecule has 2 aromatic rings. The van der Waals surface area contributed by atoms with Gasteiger partial charge in [0.25, 0.3) is 0 Å². The molecule has 0 heterocycles. The molecule has 0 saturated heterocycles. The predicted octanol–water partition coefficient (Wildman–Crippen LogP) is 3.69. The van der Waals surface area contributed by atoms with Crippen molar-refractivity contribution in [2.75, 3.05) is 6.54 Å². The molecule has 0 amide bonds. The molecular formula is C19H22ClF2N3O2. The van der Waals surface area contributed by atoms with Crippen molar-refractivity contribution in [3.8, 4) is 5.75 Å². The summed E-state index contributed by atoms with van der Waals surface area (Å²) in [7, 11) is 0. The molecule has 0 fully saturated rings. The first-order chi connectivity index (χ1) is 13.0. The minimum atomic E-state index is -2.92. The summed E-state index contributed by atoms with van der Waals surface area (Å²) in [6, 6.07) is 11.9. The van der Waals surface area contributed by atoms with Crippen molar-refractivity contribution in [1.29, 1.82) is 0 Å². The average molecular weight is 398 g/mol. The molecule has 0 aliphatic rings. The second-order valence-corrected chi connectivity index (χ2v) is 6.04. The van der Waals surface area contributed by atoms with Gasteiger partial charge in [-0.1, -0.05) is 35.9 Å². The van der Waals surface area contributed by atoms with E-state index in [1.807, 2.05) is 31.2 Å². The molecule has 0 aromatic heterocycles. The van der Waals surface area contributed by atoms with Crippen LogP contribution in [0.4, 0.5) is 8.78 Å². The molecule has 8 heteroatoms. The summed E-state index contributed by atoms with van der Waals surface area (Å²) in [5.41, 5.74) is 2.22. The Bertz CT molecular complexity index is 772. The number of hydrogen-bond acceptors (Lipinski definition) is 3. The van der Waals surface area contributed by atoms with Gasteiger partial charge in [0.1, 0.15) is 5.75 Å². The van der Waals surface area contributed by atoms with Crippen LogP contribution in [0, 0.1) is 0 Å². The van der Waals surface area contributed by atoms with E-state index in [1.165, 1.54) is 12.1 Å². The molecule has 3 N–H and O–H groups in total. The molecule has 0 saturated carbocycles. The number of hydrogen-bond donors (Lipinski definition) is 3. The highest BCUT2D eigenvalue weighted by Gasteiger charge is 2.10. The van der Waals surface area contributed by atoms with Crippen molar-refractivity contribution in [3.05, 3.63) is 64.2 Å². The van der Waals surface area contributed by atoms with E-state index in [4.69, 9.17) is 11.6 Å². The van der Waals surface area contributed by atoms with E-state index >= 15 is 0 Å². The van der Waals surface area contributed by atoms with Crippen LogP contribution in [-0.4, -0.2) is 24.2 Å². The van der Waals surface area contributed by atoms with Crippen LogP contribution in [0.2, 0.25) is 5.02 Å². The van der Waals surface area contributed by atoms with E-state index in [1.54, 1.807) is 6.07 Å². The molecule has 0 bridgehead atoms. The molecular weight excluding hydrogens is 376 g/mol. The highest BCUT2D eigenvalue weighted by molar-refractivity contribution is 6.30. The third-order valence-corrected chi connectivity index (χ3v) is 3.96. The zero-order valence-corrected chi connectivity index (χ0v) is 15.6. The van der Waals surface area contributed by atoms with Crippen molar-refractivity contribution < 1.29 is 18.6 Å². The number of aliphatic hydroxyl groups excluding tert-OH is 1. The lowest BCUT2D eigenvalue weighted by atomic mass is 10.1. The predicted molar refractivity (Wildman–Crippen MR) is 102 cm³/mol. The van der Waals surface area contributed by atoms with Crippen LogP contribution in [0.3, 0.4) is 0 Å². The number of nitrogens with zero attached hydrogens (tertiary/aromatic N) is 1. The fourth-order valence-corrected chi connectivity index (χ4v) is 2.65. The van der Waals surface area contributed by atoms with Gasteiger partial charge in [-0.2, -0.15) is 8.78 Å². The molecule has 2 rings (SSSR count). The molecule has 146 valence electrons. The lowest BCUT2D eigenvalue weighted by Gasteiger charge is -2.14. The van der Waals surface area contributed by atoms with Crippen LogP contribution >= 0.6 is 11.6 Å². The van der Waals surface area contributed by atoms with E-state index < -0.39 is 6.61 Å². The van der Waals surface area contributed by atoms with Gasteiger partial charge < -0.3 is 20.5 Å². The van der Waals surface area contributed by atoms with Crippen molar-refractivity contribution in [1.82, 2.24) is 10.6 Å². The Labute approximate surface area is 162 Å². The summed E-state index contributed by atoms with van der Waals surface area (Å²) < 4.78 is 29.7. The fraction of sp³-hybridized carbons (Fsp3) is 0.316. The fourth-order valence-electron chi connectivity index (χ4n) is 2.45. The van der Waals surface area contributed by atoms with Gasteiger partial charge in [-0.3, -0.25) is 0 Å². The third kappa shape index (κ3) is 6.69. The second kappa shape index (κ2) is 10.7. The number of nitrogens with one attached hydrogen (secondary N) is 2. The summed E-state index contributed by atoms with van der Waals surface area (Å²) in [4.78, 5) is 4.41. The lowest BCUT2D eigenvalue weighted by molar-refractivity contribution is -0.0504. The summed E-state index contributed by atoms with van der Waals surface area (Å²) in [6.45, 7) is 0.142. The second-order valence-electron chi connectivity index (χ2n) is 5.61. The van der Waals surface area contributed by atoms with Crippen LogP contribution in [0.1, 0.15) is 23.6 Å². The number of rotatable bonds is 8. The number of ether oxygens (including phenoxy) is 1. The Hall–Kier alpha value is -2.38. The third-order valence-electron chi connectivity index (χ3n) is 3.73. The summed E-state index contributed by atoms with van der Waals surface area (Å²) in [6.07, 6.45) is 0. The maximum atomic E-state index is 12.6. The van der Waals surface area contributed by atoms with Gasteiger partial charge in [-0.05, 0) is 36.2 Å². The van der Waals surface area contributed by atoms with Gasteiger partial charge in [0.2, 0.25) is 0 Å². The molecule has 0 atom stereocenters. The number of halogens is 3. The van der Waals surface area contributed by atoms with Crippen LogP contribution in [-0.2, 0) is 19.7 Å². The van der Waals surface area contributed by atoms with E-state index in [0.717, 1.165) is 11.1 Å². The largest absolute Gasteiger partial charge is 0.434 e. The Kier molecular flexibility index (Phi) is 8.29. The molecule has 0 spiro atoms. The van der Waals surface area contributed by atoms with E-state index in [9.17, 15) is 13.9 Å². The summed E-state index contributed by atoms with van der Waals surface area (Å²) in [5.74, 6) is 0.549. The minimum absolute atomic E-state index is 0.0413. The Balaban J connectivity index is 2.12.